The number of aromatic hydroxyl groups is 1. The molecule has 1 aliphatic heterocycles. The van der Waals surface area contributed by atoms with Crippen molar-refractivity contribution in [2.45, 2.75) is 0 Å². The van der Waals surface area contributed by atoms with E-state index in [1.807, 2.05) is 12.1 Å². The highest BCUT2D eigenvalue weighted by atomic mass is 16.5. The van der Waals surface area contributed by atoms with E-state index in [1.165, 1.54) is 24.9 Å². The third-order valence-corrected chi connectivity index (χ3v) is 4.07. The number of carbonyl (C=O) groups excluding carboxylic acids is 1. The van der Waals surface area contributed by atoms with Gasteiger partial charge in [-0.2, -0.15) is 0 Å². The maximum Gasteiger partial charge on any atom is 0.272 e. The van der Waals surface area contributed by atoms with Crippen molar-refractivity contribution in [1.82, 2.24) is 10.3 Å². The van der Waals surface area contributed by atoms with Gasteiger partial charge in [0.25, 0.3) is 5.91 Å². The first kappa shape index (κ1) is 15.9. The predicted octanol–water partition coefficient (Wildman–Crippen LogP) is 2.73. The smallest absolute Gasteiger partial charge is 0.272 e. The molecule has 0 aliphatic carbocycles. The van der Waals surface area contributed by atoms with Crippen LogP contribution in [0, 0.1) is 6.54 Å². The normalized spacial score (nSPS) is 13.0. The summed E-state index contributed by atoms with van der Waals surface area (Å²) in [6, 6.07) is 13.5. The fourth-order valence-electron chi connectivity index (χ4n) is 2.76. The van der Waals surface area contributed by atoms with Crippen LogP contribution in [0.1, 0.15) is 5.56 Å². The average Bonchev–Trinajstić information content (AvgIpc) is 2.67. The fourth-order valence-corrected chi connectivity index (χ4v) is 2.76. The zero-order chi connectivity index (χ0) is 18.1. The molecule has 4 N–H and O–H groups in total. The number of hydrogen-bond acceptors (Lipinski definition) is 6. The molecule has 0 saturated carbocycles. The third kappa shape index (κ3) is 2.80. The van der Waals surface area contributed by atoms with E-state index >= 15 is 0 Å². The second-order valence-corrected chi connectivity index (χ2v) is 5.72. The van der Waals surface area contributed by atoms with Gasteiger partial charge in [0.05, 0.1) is 23.4 Å². The predicted molar refractivity (Wildman–Crippen MR) is 97.4 cm³/mol. The van der Waals surface area contributed by atoms with E-state index in [9.17, 15) is 15.1 Å². The number of amides is 1. The molecule has 0 atom stereocenters. The number of hydrogen-bond donors (Lipinski definition) is 4. The molecule has 7 heteroatoms. The van der Waals surface area contributed by atoms with Crippen molar-refractivity contribution < 1.29 is 15.1 Å². The minimum atomic E-state index is -0.481. The van der Waals surface area contributed by atoms with Crippen molar-refractivity contribution in [3.05, 3.63) is 78.7 Å². The molecule has 0 fully saturated rings. The minimum absolute atomic E-state index is 0.0516. The molecule has 0 unspecified atom stereocenters. The van der Waals surface area contributed by atoms with Crippen LogP contribution < -0.4 is 15.7 Å². The van der Waals surface area contributed by atoms with Crippen LogP contribution in [0.2, 0.25) is 0 Å². The highest BCUT2D eigenvalue weighted by Crippen LogP contribution is 2.36. The molecule has 0 spiro atoms. The van der Waals surface area contributed by atoms with Crippen molar-refractivity contribution in [2.75, 3.05) is 10.4 Å². The molecular formula is C19H15N4O3. The maximum absolute atomic E-state index is 12.4. The average molecular weight is 347 g/mol. The van der Waals surface area contributed by atoms with E-state index < -0.39 is 5.91 Å². The molecule has 1 amide bonds. The van der Waals surface area contributed by atoms with Crippen molar-refractivity contribution in [3.8, 4) is 5.75 Å². The summed E-state index contributed by atoms with van der Waals surface area (Å²) in [6.45, 7) is 1.50. The first-order valence-corrected chi connectivity index (χ1v) is 7.90. The molecule has 2 aromatic carbocycles. The number of benzene rings is 2. The zero-order valence-corrected chi connectivity index (χ0v) is 13.5. The molecule has 26 heavy (non-hydrogen) atoms. The Hall–Kier alpha value is -3.58. The van der Waals surface area contributed by atoms with Gasteiger partial charge in [-0.25, -0.2) is 5.06 Å². The van der Waals surface area contributed by atoms with Crippen molar-refractivity contribution in [2.24, 2.45) is 0 Å². The zero-order valence-electron chi connectivity index (χ0n) is 13.5. The molecule has 2 heterocycles. The standard InChI is InChI=1S/C19H15N4O3/c24-13-5-3-12(4-6-13)10-22-19(25)17-11-21-18-14-2-1-9-20-15(14)7-8-16(18)23(17)26/h1-11,21,24,26H,(H,22,25). The summed E-state index contributed by atoms with van der Waals surface area (Å²) in [4.78, 5) is 16.7. The van der Waals surface area contributed by atoms with Crippen LogP contribution in [0.4, 0.5) is 11.4 Å². The lowest BCUT2D eigenvalue weighted by molar-refractivity contribution is -0.117. The van der Waals surface area contributed by atoms with Gasteiger partial charge in [0.2, 0.25) is 0 Å². The van der Waals surface area contributed by atoms with Crippen molar-refractivity contribution >= 4 is 28.2 Å². The number of hydroxylamine groups is 1. The van der Waals surface area contributed by atoms with Crippen LogP contribution in [0.3, 0.4) is 0 Å². The number of phenols is 1. The van der Waals surface area contributed by atoms with Gasteiger partial charge < -0.3 is 15.7 Å². The Balaban J connectivity index is 1.54. The Labute approximate surface area is 149 Å². The van der Waals surface area contributed by atoms with Gasteiger partial charge in [-0.05, 0) is 42.0 Å². The lowest BCUT2D eigenvalue weighted by atomic mass is 10.1. The number of phenolic OH excluding ortho intramolecular Hbond substituents is 1. The number of rotatable bonds is 3. The third-order valence-electron chi connectivity index (χ3n) is 4.07. The molecular weight excluding hydrogens is 332 g/mol. The lowest BCUT2D eigenvalue weighted by Gasteiger charge is -2.27. The lowest BCUT2D eigenvalue weighted by Crippen LogP contribution is -2.35. The van der Waals surface area contributed by atoms with Crippen LogP contribution in [0.25, 0.3) is 10.9 Å². The molecule has 7 nitrogen and oxygen atoms in total. The Bertz CT molecular complexity index is 1010. The van der Waals surface area contributed by atoms with Gasteiger partial charge in [-0.15, -0.1) is 0 Å². The van der Waals surface area contributed by atoms with E-state index in [0.717, 1.165) is 16.0 Å². The van der Waals surface area contributed by atoms with E-state index in [-0.39, 0.29) is 11.4 Å². The summed E-state index contributed by atoms with van der Waals surface area (Å²) in [6.07, 6.45) is 3.14. The van der Waals surface area contributed by atoms with Gasteiger partial charge in [-0.3, -0.25) is 15.0 Å². The van der Waals surface area contributed by atoms with Gasteiger partial charge in [0, 0.05) is 17.8 Å². The van der Waals surface area contributed by atoms with Gasteiger partial charge in [0.1, 0.15) is 11.4 Å². The number of aromatic nitrogens is 1. The highest BCUT2D eigenvalue weighted by Gasteiger charge is 2.25. The van der Waals surface area contributed by atoms with Crippen LogP contribution in [0.15, 0.2) is 66.6 Å². The fraction of sp³-hybridized carbons (Fsp3) is 0. The second kappa shape index (κ2) is 6.38. The quantitative estimate of drug-likeness (QED) is 0.582. The molecule has 1 aromatic heterocycles. The summed E-state index contributed by atoms with van der Waals surface area (Å²) in [5.74, 6) is -0.336. The number of fused-ring (bicyclic) bond motifs is 3. The largest absolute Gasteiger partial charge is 0.508 e. The summed E-state index contributed by atoms with van der Waals surface area (Å²) < 4.78 is 0. The molecule has 4 rings (SSSR count). The summed E-state index contributed by atoms with van der Waals surface area (Å²) in [5, 5.41) is 27.1. The second-order valence-electron chi connectivity index (χ2n) is 5.72. The van der Waals surface area contributed by atoms with Crippen LogP contribution in [-0.4, -0.2) is 21.2 Å². The van der Waals surface area contributed by atoms with Crippen LogP contribution in [-0.2, 0) is 4.79 Å². The van der Waals surface area contributed by atoms with Crippen molar-refractivity contribution in [3.63, 3.8) is 0 Å². The van der Waals surface area contributed by atoms with Crippen LogP contribution >= 0.6 is 0 Å². The Morgan fingerprint density at radius 1 is 1.15 bits per heavy atom. The van der Waals surface area contributed by atoms with E-state index in [0.29, 0.717) is 16.9 Å². The monoisotopic (exact) mass is 347 g/mol. The first-order chi connectivity index (χ1) is 12.6. The Morgan fingerprint density at radius 3 is 2.77 bits per heavy atom. The SMILES string of the molecule is O=C(N[CH]c1ccc(O)cc1)C1=CNc2c(ccc3ncccc23)N1O. The van der Waals surface area contributed by atoms with Crippen LogP contribution in [0.5, 0.6) is 5.75 Å². The Morgan fingerprint density at radius 2 is 1.96 bits per heavy atom. The van der Waals surface area contributed by atoms with E-state index in [4.69, 9.17) is 0 Å². The maximum atomic E-state index is 12.4. The summed E-state index contributed by atoms with van der Waals surface area (Å²) in [7, 11) is 0. The van der Waals surface area contributed by atoms with Gasteiger partial charge in [0.15, 0.2) is 0 Å². The number of carbonyl (C=O) groups is 1. The highest BCUT2D eigenvalue weighted by molar-refractivity contribution is 6.05. The van der Waals surface area contributed by atoms with Gasteiger partial charge >= 0.3 is 0 Å². The summed E-state index contributed by atoms with van der Waals surface area (Å²) in [5.41, 5.74) is 2.69. The number of nitrogens with zero attached hydrogens (tertiary/aromatic N) is 2. The molecule has 1 radical (unpaired) electrons. The molecule has 1 aliphatic rings. The minimum Gasteiger partial charge on any atom is -0.508 e. The molecule has 0 bridgehead atoms. The number of nitrogens with one attached hydrogen (secondary N) is 2. The summed E-state index contributed by atoms with van der Waals surface area (Å²) >= 11 is 0. The van der Waals surface area contributed by atoms with Gasteiger partial charge in [-0.1, -0.05) is 12.1 Å². The van der Waals surface area contributed by atoms with Crippen molar-refractivity contribution in [1.29, 1.82) is 0 Å². The molecule has 3 aromatic rings. The Kier molecular flexibility index (Phi) is 3.91. The first-order valence-electron chi connectivity index (χ1n) is 7.90. The number of pyridine rings is 1. The van der Waals surface area contributed by atoms with E-state index in [2.05, 4.69) is 15.6 Å². The topological polar surface area (TPSA) is 97.7 Å². The molecule has 129 valence electrons. The molecule has 0 saturated heterocycles. The number of anilines is 2. The van der Waals surface area contributed by atoms with E-state index in [1.54, 1.807) is 30.5 Å².